The first kappa shape index (κ1) is 26.2. The lowest BCUT2D eigenvalue weighted by Crippen LogP contribution is -2.24. The lowest BCUT2D eigenvalue weighted by Gasteiger charge is -2.08. The summed E-state index contributed by atoms with van der Waals surface area (Å²) in [5.41, 5.74) is 2.91. The number of hydrogen-bond acceptors (Lipinski definition) is 7. The van der Waals surface area contributed by atoms with Gasteiger partial charge >= 0.3 is 5.97 Å². The van der Waals surface area contributed by atoms with Crippen molar-refractivity contribution in [2.24, 2.45) is 5.10 Å². The molecule has 0 radical (unpaired) electrons. The van der Waals surface area contributed by atoms with Crippen LogP contribution >= 0.6 is 22.9 Å². The molecule has 0 unspecified atom stereocenters. The Morgan fingerprint density at radius 2 is 1.68 bits per heavy atom. The molecule has 3 aromatic carbocycles. The van der Waals surface area contributed by atoms with Crippen molar-refractivity contribution in [1.29, 1.82) is 0 Å². The van der Waals surface area contributed by atoms with Crippen molar-refractivity contribution in [3.8, 4) is 17.2 Å². The maximum atomic E-state index is 12.8. The Bertz CT molecular complexity index is 1400. The van der Waals surface area contributed by atoms with E-state index in [1.165, 1.54) is 17.6 Å². The van der Waals surface area contributed by atoms with Crippen molar-refractivity contribution in [2.45, 2.75) is 19.8 Å². The largest absolute Gasteiger partial charge is 0.494 e. The van der Waals surface area contributed by atoms with Gasteiger partial charge in [-0.3, -0.25) is 4.79 Å². The molecule has 0 atom stereocenters. The summed E-state index contributed by atoms with van der Waals surface area (Å²) in [4.78, 5) is 25.3. The van der Waals surface area contributed by atoms with Gasteiger partial charge in [-0.2, -0.15) is 5.10 Å². The molecule has 0 aliphatic heterocycles. The minimum atomic E-state index is -0.564. The highest BCUT2D eigenvalue weighted by molar-refractivity contribution is 7.21. The monoisotopic (exact) mass is 536 g/mol. The third kappa shape index (κ3) is 7.09. The minimum Gasteiger partial charge on any atom is -0.494 e. The summed E-state index contributed by atoms with van der Waals surface area (Å²) in [5, 5.41) is 5.13. The number of nitrogens with one attached hydrogen (secondary N) is 1. The lowest BCUT2D eigenvalue weighted by molar-refractivity contribution is -0.123. The number of hydrogen-bond donors (Lipinski definition) is 1. The predicted molar refractivity (Wildman–Crippen MR) is 146 cm³/mol. The quantitative estimate of drug-likeness (QED) is 0.0779. The fraction of sp³-hybridized carbons (Fsp3) is 0.179. The summed E-state index contributed by atoms with van der Waals surface area (Å²) < 4.78 is 17.6. The minimum absolute atomic E-state index is 0.214. The second-order valence-electron chi connectivity index (χ2n) is 7.92. The SMILES string of the molecule is CCCCOc1ccc(OCC(=O)N/N=C/c2ccccc2OC(=O)c2sc3ccccc3c2Cl)cc1. The molecule has 1 amide bonds. The Kier molecular flexibility index (Phi) is 9.13. The predicted octanol–water partition coefficient (Wildman–Crippen LogP) is 6.48. The average Bonchev–Trinajstić information content (AvgIpc) is 3.26. The van der Waals surface area contributed by atoms with E-state index >= 15 is 0 Å². The standard InChI is InChI=1S/C28H25ClN2O5S/c1-2-3-16-34-20-12-14-21(15-13-20)35-18-25(32)31-30-17-19-8-4-6-10-23(19)36-28(33)27-26(29)22-9-5-7-11-24(22)37-27/h4-15,17H,2-3,16,18H2,1H3,(H,31,32)/b30-17+. The van der Waals surface area contributed by atoms with Gasteiger partial charge in [0, 0.05) is 15.6 Å². The van der Waals surface area contributed by atoms with E-state index in [0.29, 0.717) is 27.8 Å². The van der Waals surface area contributed by atoms with Gasteiger partial charge in [0.15, 0.2) is 6.61 Å². The van der Waals surface area contributed by atoms with Crippen LogP contribution in [-0.2, 0) is 4.79 Å². The van der Waals surface area contributed by atoms with Crippen molar-refractivity contribution >= 4 is 51.1 Å². The molecule has 0 fully saturated rings. The fourth-order valence-corrected chi connectivity index (χ4v) is 4.68. The number of ether oxygens (including phenoxy) is 3. The molecule has 0 saturated carbocycles. The zero-order valence-electron chi connectivity index (χ0n) is 20.1. The van der Waals surface area contributed by atoms with Gasteiger partial charge in [-0.1, -0.05) is 55.3 Å². The van der Waals surface area contributed by atoms with E-state index in [-0.39, 0.29) is 12.4 Å². The van der Waals surface area contributed by atoms with Gasteiger partial charge < -0.3 is 14.2 Å². The Morgan fingerprint density at radius 3 is 2.43 bits per heavy atom. The topological polar surface area (TPSA) is 86.2 Å². The van der Waals surface area contributed by atoms with E-state index in [1.54, 1.807) is 48.5 Å². The van der Waals surface area contributed by atoms with Gasteiger partial charge in [0.25, 0.3) is 5.91 Å². The highest BCUT2D eigenvalue weighted by Crippen LogP contribution is 2.36. The normalized spacial score (nSPS) is 11.0. The van der Waals surface area contributed by atoms with E-state index < -0.39 is 11.9 Å². The molecule has 0 saturated heterocycles. The van der Waals surface area contributed by atoms with Crippen LogP contribution in [0.4, 0.5) is 0 Å². The molecule has 37 heavy (non-hydrogen) atoms. The number of rotatable bonds is 11. The second kappa shape index (κ2) is 12.9. The Labute approximate surface area is 223 Å². The molecule has 0 aliphatic rings. The molecule has 0 spiro atoms. The van der Waals surface area contributed by atoms with Gasteiger partial charge in [-0.15, -0.1) is 11.3 Å². The zero-order chi connectivity index (χ0) is 26.0. The zero-order valence-corrected chi connectivity index (χ0v) is 21.7. The number of thiophene rings is 1. The van der Waals surface area contributed by atoms with Gasteiger partial charge in [0.2, 0.25) is 0 Å². The Hall–Kier alpha value is -3.88. The number of halogens is 1. The highest BCUT2D eigenvalue weighted by Gasteiger charge is 2.19. The van der Waals surface area contributed by atoms with Crippen LogP contribution < -0.4 is 19.6 Å². The van der Waals surface area contributed by atoms with Gasteiger partial charge in [-0.05, 0) is 48.9 Å². The van der Waals surface area contributed by atoms with E-state index in [9.17, 15) is 9.59 Å². The summed E-state index contributed by atoms with van der Waals surface area (Å²) in [6.07, 6.45) is 3.46. The fourth-order valence-electron chi connectivity index (χ4n) is 3.29. The molecule has 1 aromatic heterocycles. The Morgan fingerprint density at radius 1 is 0.973 bits per heavy atom. The number of amides is 1. The maximum absolute atomic E-state index is 12.8. The molecule has 0 aliphatic carbocycles. The molecule has 4 aromatic rings. The van der Waals surface area contributed by atoms with Crippen LogP contribution in [0.15, 0.2) is 77.9 Å². The number of nitrogens with zero attached hydrogens (tertiary/aromatic N) is 1. The third-order valence-electron chi connectivity index (χ3n) is 5.20. The highest BCUT2D eigenvalue weighted by atomic mass is 35.5. The molecule has 9 heteroatoms. The number of para-hydroxylation sites is 1. The summed E-state index contributed by atoms with van der Waals surface area (Å²) in [5.74, 6) is 0.580. The van der Waals surface area contributed by atoms with Gasteiger partial charge in [0.1, 0.15) is 22.1 Å². The van der Waals surface area contributed by atoms with Crippen LogP contribution in [0.3, 0.4) is 0 Å². The molecule has 0 bridgehead atoms. The molecule has 1 heterocycles. The number of benzene rings is 3. The van der Waals surface area contributed by atoms with Gasteiger partial charge in [0.05, 0.1) is 17.8 Å². The average molecular weight is 537 g/mol. The third-order valence-corrected chi connectivity index (χ3v) is 6.85. The van der Waals surface area contributed by atoms with Crippen LogP contribution in [0.5, 0.6) is 17.2 Å². The Balaban J connectivity index is 1.31. The van der Waals surface area contributed by atoms with Crippen LogP contribution in [0.2, 0.25) is 5.02 Å². The molecule has 190 valence electrons. The number of carbonyl (C=O) groups is 2. The number of hydrazone groups is 1. The van der Waals surface area contributed by atoms with Crippen molar-refractivity contribution in [3.05, 3.63) is 88.3 Å². The summed E-state index contributed by atoms with van der Waals surface area (Å²) in [7, 11) is 0. The van der Waals surface area contributed by atoms with Crippen molar-refractivity contribution in [2.75, 3.05) is 13.2 Å². The van der Waals surface area contributed by atoms with E-state index in [0.717, 1.165) is 28.7 Å². The summed E-state index contributed by atoms with van der Waals surface area (Å²) in [6, 6.07) is 21.4. The number of unbranched alkanes of at least 4 members (excludes halogenated alkanes) is 1. The first-order valence-corrected chi connectivity index (χ1v) is 12.9. The lowest BCUT2D eigenvalue weighted by atomic mass is 10.2. The van der Waals surface area contributed by atoms with Gasteiger partial charge in [-0.25, -0.2) is 10.2 Å². The van der Waals surface area contributed by atoms with Crippen LogP contribution in [0, 0.1) is 0 Å². The molecule has 1 N–H and O–H groups in total. The molecule has 7 nitrogen and oxygen atoms in total. The summed E-state index contributed by atoms with van der Waals surface area (Å²) >= 11 is 7.67. The van der Waals surface area contributed by atoms with Crippen molar-refractivity contribution in [1.82, 2.24) is 5.43 Å². The van der Waals surface area contributed by atoms with Crippen LogP contribution in [0.25, 0.3) is 10.1 Å². The smallest absolute Gasteiger partial charge is 0.355 e. The maximum Gasteiger partial charge on any atom is 0.355 e. The van der Waals surface area contributed by atoms with E-state index in [4.69, 9.17) is 25.8 Å². The first-order chi connectivity index (χ1) is 18.0. The summed E-state index contributed by atoms with van der Waals surface area (Å²) in [6.45, 7) is 2.56. The molecular weight excluding hydrogens is 512 g/mol. The number of fused-ring (bicyclic) bond motifs is 1. The van der Waals surface area contributed by atoms with Crippen molar-refractivity contribution < 1.29 is 23.8 Å². The molecular formula is C28H25ClN2O5S. The van der Waals surface area contributed by atoms with Crippen LogP contribution in [-0.4, -0.2) is 31.3 Å². The van der Waals surface area contributed by atoms with E-state index in [2.05, 4.69) is 17.5 Å². The molecule has 4 rings (SSSR count). The number of esters is 1. The van der Waals surface area contributed by atoms with Crippen molar-refractivity contribution in [3.63, 3.8) is 0 Å². The number of carbonyl (C=O) groups excluding carboxylic acids is 2. The van der Waals surface area contributed by atoms with E-state index in [1.807, 2.05) is 24.3 Å². The second-order valence-corrected chi connectivity index (χ2v) is 9.35. The first-order valence-electron chi connectivity index (χ1n) is 11.7. The van der Waals surface area contributed by atoms with Crippen LogP contribution in [0.1, 0.15) is 35.0 Å².